The van der Waals surface area contributed by atoms with E-state index in [-0.39, 0.29) is 11.9 Å². The van der Waals surface area contributed by atoms with E-state index < -0.39 is 0 Å². The van der Waals surface area contributed by atoms with Crippen LogP contribution in [0.4, 0.5) is 0 Å². The first kappa shape index (κ1) is 15.5. The van der Waals surface area contributed by atoms with Crippen molar-refractivity contribution in [2.45, 2.75) is 56.8 Å². The van der Waals surface area contributed by atoms with E-state index in [2.05, 4.69) is 40.5 Å². The highest BCUT2D eigenvalue weighted by Crippen LogP contribution is 2.35. The fourth-order valence-electron chi connectivity index (χ4n) is 4.31. The number of nitrogens with zero attached hydrogens (tertiary/aromatic N) is 1. The molecule has 1 aromatic carbocycles. The molecule has 4 rings (SSSR count). The molecular weight excluding hydrogens is 300 g/mol. The Kier molecular flexibility index (Phi) is 4.39. The predicted molar refractivity (Wildman–Crippen MR) is 92.6 cm³/mol. The number of nitrogens with one attached hydrogen (secondary N) is 1. The number of amides is 1. The number of piperidine rings is 2. The summed E-state index contributed by atoms with van der Waals surface area (Å²) < 4.78 is 5.21. The third kappa shape index (κ3) is 3.24. The van der Waals surface area contributed by atoms with E-state index in [1.807, 2.05) is 0 Å². The Morgan fingerprint density at radius 3 is 2.50 bits per heavy atom. The Hall–Kier alpha value is -2.07. The Bertz CT molecular complexity index is 654. The Labute approximate surface area is 142 Å². The van der Waals surface area contributed by atoms with Gasteiger partial charge in [-0.15, -0.1) is 0 Å². The van der Waals surface area contributed by atoms with Crippen molar-refractivity contribution in [3.05, 3.63) is 60.1 Å². The van der Waals surface area contributed by atoms with Gasteiger partial charge in [0.25, 0.3) is 5.91 Å². The lowest BCUT2D eigenvalue weighted by Gasteiger charge is -2.49. The number of hydrogen-bond donors (Lipinski definition) is 1. The molecule has 1 aromatic heterocycles. The summed E-state index contributed by atoms with van der Waals surface area (Å²) in [6.45, 7) is 1.02. The maximum atomic E-state index is 12.2. The van der Waals surface area contributed by atoms with Gasteiger partial charge in [-0.25, -0.2) is 0 Å². The zero-order chi connectivity index (χ0) is 16.4. The number of rotatable bonds is 4. The molecule has 0 spiro atoms. The van der Waals surface area contributed by atoms with Gasteiger partial charge in [-0.2, -0.15) is 0 Å². The lowest BCUT2D eigenvalue weighted by molar-refractivity contribution is 0.0174. The van der Waals surface area contributed by atoms with Gasteiger partial charge in [0.05, 0.1) is 6.26 Å². The molecule has 1 N–H and O–H groups in total. The van der Waals surface area contributed by atoms with Crippen LogP contribution in [0.5, 0.6) is 0 Å². The maximum Gasteiger partial charge on any atom is 0.287 e. The second-order valence-corrected chi connectivity index (χ2v) is 7.02. The molecule has 2 aromatic rings. The van der Waals surface area contributed by atoms with Crippen molar-refractivity contribution in [1.82, 2.24) is 10.2 Å². The summed E-state index contributed by atoms with van der Waals surface area (Å²) in [5.41, 5.74) is 1.38. The number of fused-ring (bicyclic) bond motifs is 2. The quantitative estimate of drug-likeness (QED) is 0.935. The van der Waals surface area contributed by atoms with Crippen LogP contribution in [-0.4, -0.2) is 28.9 Å². The van der Waals surface area contributed by atoms with Crippen LogP contribution in [0.1, 0.15) is 48.2 Å². The minimum atomic E-state index is -0.0837. The maximum absolute atomic E-state index is 12.2. The molecule has 2 aliphatic rings. The van der Waals surface area contributed by atoms with E-state index in [9.17, 15) is 4.79 Å². The molecule has 2 fully saturated rings. The first-order valence-corrected chi connectivity index (χ1v) is 8.93. The van der Waals surface area contributed by atoms with Crippen molar-refractivity contribution in [3.63, 3.8) is 0 Å². The standard InChI is InChI=1S/C20H24N2O2/c23-20(19-10-5-11-24-19)21-16-12-17-8-4-9-18(13-16)22(17)14-15-6-2-1-3-7-15/h1-3,5-7,10-11,16-18H,4,8-9,12-14H2,(H,21,23). The number of benzene rings is 1. The summed E-state index contributed by atoms with van der Waals surface area (Å²) >= 11 is 0. The fourth-order valence-corrected chi connectivity index (χ4v) is 4.31. The molecule has 2 bridgehead atoms. The third-order valence-electron chi connectivity index (χ3n) is 5.41. The highest BCUT2D eigenvalue weighted by atomic mass is 16.3. The Morgan fingerprint density at radius 2 is 1.83 bits per heavy atom. The van der Waals surface area contributed by atoms with Crippen LogP contribution in [0.3, 0.4) is 0 Å². The number of hydrogen-bond acceptors (Lipinski definition) is 3. The second-order valence-electron chi connectivity index (χ2n) is 7.02. The summed E-state index contributed by atoms with van der Waals surface area (Å²) in [5, 5.41) is 3.17. The van der Waals surface area contributed by atoms with Crippen LogP contribution in [0.15, 0.2) is 53.1 Å². The Balaban J connectivity index is 1.42. The minimum absolute atomic E-state index is 0.0837. The van der Waals surface area contributed by atoms with Gasteiger partial charge in [0.15, 0.2) is 5.76 Å². The number of carbonyl (C=O) groups is 1. The molecular formula is C20H24N2O2. The topological polar surface area (TPSA) is 45.5 Å². The summed E-state index contributed by atoms with van der Waals surface area (Å²) in [6.07, 6.45) is 7.39. The molecule has 2 unspecified atom stereocenters. The third-order valence-corrected chi connectivity index (χ3v) is 5.41. The molecule has 24 heavy (non-hydrogen) atoms. The van der Waals surface area contributed by atoms with Crippen LogP contribution in [0.25, 0.3) is 0 Å². The fraction of sp³-hybridized carbons (Fsp3) is 0.450. The lowest BCUT2D eigenvalue weighted by atomic mass is 9.81. The second kappa shape index (κ2) is 6.81. The first-order chi connectivity index (χ1) is 11.8. The molecule has 1 amide bonds. The molecule has 2 atom stereocenters. The monoisotopic (exact) mass is 324 g/mol. The van der Waals surface area contributed by atoms with Gasteiger partial charge in [-0.05, 0) is 43.4 Å². The smallest absolute Gasteiger partial charge is 0.287 e. The van der Waals surface area contributed by atoms with Gasteiger partial charge < -0.3 is 9.73 Å². The van der Waals surface area contributed by atoms with Gasteiger partial charge in [0.2, 0.25) is 0 Å². The molecule has 0 saturated carbocycles. The van der Waals surface area contributed by atoms with Crippen molar-refractivity contribution >= 4 is 5.91 Å². The predicted octanol–water partition coefficient (Wildman–Crippen LogP) is 3.60. The van der Waals surface area contributed by atoms with Gasteiger partial charge in [0.1, 0.15) is 0 Å². The summed E-state index contributed by atoms with van der Waals surface area (Å²) in [7, 11) is 0. The lowest BCUT2D eigenvalue weighted by Crippen LogP contribution is -2.56. The molecule has 3 heterocycles. The van der Waals surface area contributed by atoms with E-state index in [0.29, 0.717) is 17.8 Å². The van der Waals surface area contributed by atoms with E-state index in [1.54, 1.807) is 18.4 Å². The van der Waals surface area contributed by atoms with Crippen LogP contribution in [0, 0.1) is 0 Å². The van der Waals surface area contributed by atoms with Crippen molar-refractivity contribution in [3.8, 4) is 0 Å². The van der Waals surface area contributed by atoms with E-state index in [1.165, 1.54) is 24.8 Å². The van der Waals surface area contributed by atoms with Crippen LogP contribution < -0.4 is 5.32 Å². The molecule has 2 aliphatic heterocycles. The van der Waals surface area contributed by atoms with Crippen LogP contribution in [-0.2, 0) is 6.54 Å². The SMILES string of the molecule is O=C(NC1CC2CCCC(C1)N2Cc1ccccc1)c1ccco1. The molecule has 2 saturated heterocycles. The first-order valence-electron chi connectivity index (χ1n) is 8.93. The van der Waals surface area contributed by atoms with E-state index in [4.69, 9.17) is 4.42 Å². The zero-order valence-electron chi connectivity index (χ0n) is 13.9. The number of furan rings is 1. The minimum Gasteiger partial charge on any atom is -0.459 e. The van der Waals surface area contributed by atoms with E-state index >= 15 is 0 Å². The molecule has 0 radical (unpaired) electrons. The molecule has 4 nitrogen and oxygen atoms in total. The largest absolute Gasteiger partial charge is 0.459 e. The number of carbonyl (C=O) groups excluding carboxylic acids is 1. The molecule has 0 aliphatic carbocycles. The normalized spacial score (nSPS) is 26.9. The van der Waals surface area contributed by atoms with E-state index in [0.717, 1.165) is 19.4 Å². The van der Waals surface area contributed by atoms with Crippen molar-refractivity contribution in [1.29, 1.82) is 0 Å². The van der Waals surface area contributed by atoms with Crippen LogP contribution in [0.2, 0.25) is 0 Å². The summed E-state index contributed by atoms with van der Waals surface area (Å²) in [5.74, 6) is 0.325. The summed E-state index contributed by atoms with van der Waals surface area (Å²) in [6, 6.07) is 15.6. The van der Waals surface area contributed by atoms with Crippen molar-refractivity contribution < 1.29 is 9.21 Å². The van der Waals surface area contributed by atoms with Crippen molar-refractivity contribution in [2.24, 2.45) is 0 Å². The average Bonchev–Trinajstić information content (AvgIpc) is 3.11. The zero-order valence-corrected chi connectivity index (χ0v) is 13.9. The van der Waals surface area contributed by atoms with Crippen LogP contribution >= 0.6 is 0 Å². The van der Waals surface area contributed by atoms with Gasteiger partial charge >= 0.3 is 0 Å². The Morgan fingerprint density at radius 1 is 1.08 bits per heavy atom. The molecule has 126 valence electrons. The average molecular weight is 324 g/mol. The summed E-state index contributed by atoms with van der Waals surface area (Å²) in [4.78, 5) is 14.9. The highest BCUT2D eigenvalue weighted by molar-refractivity contribution is 5.91. The molecule has 4 heteroatoms. The van der Waals surface area contributed by atoms with Crippen molar-refractivity contribution in [2.75, 3.05) is 0 Å². The van der Waals surface area contributed by atoms with Gasteiger partial charge in [-0.1, -0.05) is 36.8 Å². The van der Waals surface area contributed by atoms with Gasteiger partial charge in [0, 0.05) is 24.7 Å². The highest BCUT2D eigenvalue weighted by Gasteiger charge is 2.38. The van der Waals surface area contributed by atoms with Gasteiger partial charge in [-0.3, -0.25) is 9.69 Å².